The van der Waals surface area contributed by atoms with Crippen molar-refractivity contribution in [3.8, 4) is 6.07 Å². The van der Waals surface area contributed by atoms with E-state index in [-0.39, 0.29) is 13.2 Å². The lowest BCUT2D eigenvalue weighted by Crippen LogP contribution is -2.39. The van der Waals surface area contributed by atoms with Gasteiger partial charge >= 0.3 is 0 Å². The quantitative estimate of drug-likeness (QED) is 0.581. The molecule has 15 heavy (non-hydrogen) atoms. The van der Waals surface area contributed by atoms with Gasteiger partial charge in [0.25, 0.3) is 0 Å². The Kier molecular flexibility index (Phi) is 7.31. The molecule has 0 unspecified atom stereocenters. The zero-order chi connectivity index (χ0) is 11.7. The number of hydrogen-bond donors (Lipinski definition) is 2. The Balaban J connectivity index is 3.72. The van der Waals surface area contributed by atoms with Gasteiger partial charge in [0.2, 0.25) is 0 Å². The average molecular weight is 214 g/mol. The number of aliphatic hydroxyl groups is 2. The molecule has 0 aromatic carbocycles. The van der Waals surface area contributed by atoms with Crippen LogP contribution in [0.2, 0.25) is 0 Å². The van der Waals surface area contributed by atoms with E-state index in [4.69, 9.17) is 15.5 Å². The highest BCUT2D eigenvalue weighted by Crippen LogP contribution is 2.15. The molecule has 0 fully saturated rings. The van der Waals surface area contributed by atoms with Gasteiger partial charge in [0, 0.05) is 18.4 Å². The highest BCUT2D eigenvalue weighted by molar-refractivity contribution is 4.76. The molecule has 0 aliphatic heterocycles. The van der Waals surface area contributed by atoms with Gasteiger partial charge in [-0.2, -0.15) is 5.26 Å². The van der Waals surface area contributed by atoms with Crippen molar-refractivity contribution in [1.29, 1.82) is 5.26 Å². The second-order valence-electron chi connectivity index (χ2n) is 4.48. The first kappa shape index (κ1) is 14.4. The van der Waals surface area contributed by atoms with Crippen molar-refractivity contribution in [3.63, 3.8) is 0 Å². The van der Waals surface area contributed by atoms with Crippen molar-refractivity contribution in [2.45, 2.75) is 26.2 Å². The van der Waals surface area contributed by atoms with Crippen LogP contribution in [0.15, 0.2) is 0 Å². The van der Waals surface area contributed by atoms with Crippen LogP contribution in [-0.4, -0.2) is 48.5 Å². The van der Waals surface area contributed by atoms with Crippen molar-refractivity contribution < 1.29 is 10.2 Å². The van der Waals surface area contributed by atoms with Crippen molar-refractivity contribution >= 4 is 0 Å². The molecule has 0 heterocycles. The molecule has 0 radical (unpaired) electrons. The lowest BCUT2D eigenvalue weighted by Gasteiger charge is -2.30. The smallest absolute Gasteiger partial charge is 0.0621 e. The average Bonchev–Trinajstić information content (AvgIpc) is 2.24. The topological polar surface area (TPSA) is 67.5 Å². The van der Waals surface area contributed by atoms with Gasteiger partial charge in [0.15, 0.2) is 0 Å². The summed E-state index contributed by atoms with van der Waals surface area (Å²) in [4.78, 5) is 2.09. The van der Waals surface area contributed by atoms with Crippen LogP contribution in [0.1, 0.15) is 26.2 Å². The molecule has 0 aromatic heterocycles. The minimum absolute atomic E-state index is 0.00790. The van der Waals surface area contributed by atoms with Crippen LogP contribution in [0.5, 0.6) is 0 Å². The van der Waals surface area contributed by atoms with E-state index < -0.39 is 5.41 Å². The summed E-state index contributed by atoms with van der Waals surface area (Å²) in [5.41, 5.74) is -0.427. The first-order chi connectivity index (χ1) is 7.08. The third-order valence-electron chi connectivity index (χ3n) is 2.49. The molecule has 88 valence electrons. The van der Waals surface area contributed by atoms with Crippen LogP contribution in [0.4, 0.5) is 0 Å². The van der Waals surface area contributed by atoms with E-state index >= 15 is 0 Å². The summed E-state index contributed by atoms with van der Waals surface area (Å²) in [7, 11) is 1.97. The summed E-state index contributed by atoms with van der Waals surface area (Å²) < 4.78 is 0. The number of nitrogens with zero attached hydrogens (tertiary/aromatic N) is 2. The molecular weight excluding hydrogens is 192 g/mol. The molecular formula is C11H22N2O2. The number of nitriles is 1. The maximum atomic E-state index is 9.11. The summed E-state index contributed by atoms with van der Waals surface area (Å²) in [6.45, 7) is 3.42. The van der Waals surface area contributed by atoms with Gasteiger partial charge in [-0.25, -0.2) is 0 Å². The zero-order valence-corrected chi connectivity index (χ0v) is 9.74. The zero-order valence-electron chi connectivity index (χ0n) is 9.74. The second-order valence-corrected chi connectivity index (χ2v) is 4.48. The number of rotatable bonds is 8. The Morgan fingerprint density at radius 2 is 1.87 bits per heavy atom. The first-order valence-electron chi connectivity index (χ1n) is 5.35. The van der Waals surface area contributed by atoms with E-state index in [1.807, 2.05) is 14.0 Å². The molecule has 0 bridgehead atoms. The number of aliphatic hydroxyl groups excluding tert-OH is 2. The first-order valence-corrected chi connectivity index (χ1v) is 5.35. The fourth-order valence-corrected chi connectivity index (χ4v) is 1.47. The molecule has 0 aromatic rings. The van der Waals surface area contributed by atoms with Gasteiger partial charge in [-0.1, -0.05) is 6.92 Å². The van der Waals surface area contributed by atoms with Gasteiger partial charge < -0.3 is 15.1 Å². The lowest BCUT2D eigenvalue weighted by atomic mass is 9.92. The van der Waals surface area contributed by atoms with Crippen molar-refractivity contribution in [2.24, 2.45) is 5.41 Å². The number of unbranched alkanes of at least 4 members (excludes halogenated alkanes) is 2. The Morgan fingerprint density at radius 1 is 1.27 bits per heavy atom. The second kappa shape index (κ2) is 7.63. The molecule has 0 spiro atoms. The predicted molar refractivity (Wildman–Crippen MR) is 59.2 cm³/mol. The lowest BCUT2D eigenvalue weighted by molar-refractivity contribution is 0.0417. The van der Waals surface area contributed by atoms with Crippen LogP contribution < -0.4 is 0 Å². The fraction of sp³-hybridized carbons (Fsp3) is 0.909. The fourth-order valence-electron chi connectivity index (χ4n) is 1.47. The minimum atomic E-state index is -0.427. The molecule has 0 saturated carbocycles. The van der Waals surface area contributed by atoms with Crippen molar-refractivity contribution in [2.75, 3.05) is 33.4 Å². The van der Waals surface area contributed by atoms with Crippen LogP contribution >= 0.6 is 0 Å². The summed E-state index contributed by atoms with van der Waals surface area (Å²) in [5, 5.41) is 26.6. The van der Waals surface area contributed by atoms with Crippen LogP contribution in [0.25, 0.3) is 0 Å². The third kappa shape index (κ3) is 6.45. The summed E-state index contributed by atoms with van der Waals surface area (Å²) >= 11 is 0. The molecule has 0 rings (SSSR count). The normalized spacial score (nSPS) is 11.7. The molecule has 0 atom stereocenters. The third-order valence-corrected chi connectivity index (χ3v) is 2.49. The van der Waals surface area contributed by atoms with E-state index in [0.29, 0.717) is 13.0 Å². The number of hydrogen-bond acceptors (Lipinski definition) is 4. The molecule has 0 amide bonds. The van der Waals surface area contributed by atoms with Gasteiger partial charge in [0.1, 0.15) is 0 Å². The SMILES string of the molecule is CN(CCCCC#N)CC(C)(CO)CO. The van der Waals surface area contributed by atoms with Crippen LogP contribution in [-0.2, 0) is 0 Å². The maximum Gasteiger partial charge on any atom is 0.0621 e. The summed E-state index contributed by atoms with van der Waals surface area (Å²) in [5.74, 6) is 0. The van der Waals surface area contributed by atoms with E-state index in [1.165, 1.54) is 0 Å². The van der Waals surface area contributed by atoms with Gasteiger partial charge in [-0.3, -0.25) is 0 Å². The summed E-state index contributed by atoms with van der Waals surface area (Å²) in [6, 6.07) is 2.11. The van der Waals surface area contributed by atoms with Crippen LogP contribution in [0.3, 0.4) is 0 Å². The highest BCUT2D eigenvalue weighted by Gasteiger charge is 2.23. The molecule has 4 heteroatoms. The van der Waals surface area contributed by atoms with E-state index in [9.17, 15) is 0 Å². The largest absolute Gasteiger partial charge is 0.396 e. The maximum absolute atomic E-state index is 9.11. The van der Waals surface area contributed by atoms with Crippen LogP contribution in [0, 0.1) is 16.7 Å². The summed E-state index contributed by atoms with van der Waals surface area (Å²) in [6.07, 6.45) is 2.50. The Bertz CT molecular complexity index is 197. The van der Waals surface area contributed by atoms with Crippen molar-refractivity contribution in [1.82, 2.24) is 4.90 Å². The van der Waals surface area contributed by atoms with E-state index in [0.717, 1.165) is 19.4 Å². The molecule has 0 saturated heterocycles. The Labute approximate surface area is 92.1 Å². The minimum Gasteiger partial charge on any atom is -0.396 e. The van der Waals surface area contributed by atoms with Crippen molar-refractivity contribution in [3.05, 3.63) is 0 Å². The van der Waals surface area contributed by atoms with Gasteiger partial charge in [-0.15, -0.1) is 0 Å². The molecule has 0 aliphatic rings. The standard InChI is InChI=1S/C11H22N2O2/c1-11(9-14,10-15)8-13(2)7-5-3-4-6-12/h14-15H,3-5,7-10H2,1-2H3. The highest BCUT2D eigenvalue weighted by atomic mass is 16.3. The van der Waals surface area contributed by atoms with E-state index in [2.05, 4.69) is 11.0 Å². The van der Waals surface area contributed by atoms with Gasteiger partial charge in [-0.05, 0) is 26.4 Å². The molecule has 2 N–H and O–H groups in total. The Morgan fingerprint density at radius 3 is 2.33 bits per heavy atom. The van der Waals surface area contributed by atoms with Gasteiger partial charge in [0.05, 0.1) is 19.3 Å². The monoisotopic (exact) mass is 214 g/mol. The predicted octanol–water partition coefficient (Wildman–Crippen LogP) is 0.603. The molecule has 4 nitrogen and oxygen atoms in total. The van der Waals surface area contributed by atoms with E-state index in [1.54, 1.807) is 0 Å². The Hall–Kier alpha value is -0.630. The molecule has 0 aliphatic carbocycles.